The van der Waals surface area contributed by atoms with E-state index >= 15 is 0 Å². The molecule has 22 heavy (non-hydrogen) atoms. The molecule has 1 aliphatic rings. The lowest BCUT2D eigenvalue weighted by atomic mass is 9.93. The molecular formula is C16H20N4O2. The first-order chi connectivity index (χ1) is 10.7. The number of carbonyl (C=O) groups is 1. The number of amides is 2. The highest BCUT2D eigenvalue weighted by Crippen LogP contribution is 2.28. The number of urea groups is 1. The Balaban J connectivity index is 1.50. The molecule has 1 aromatic carbocycles. The molecule has 0 saturated heterocycles. The predicted molar refractivity (Wildman–Crippen MR) is 81.8 cm³/mol. The fourth-order valence-electron chi connectivity index (χ4n) is 2.80. The SMILES string of the molecule is Cn1ncc2c1CCC[C@H]2NC(=O)NOCc1ccccc1. The van der Waals surface area contributed by atoms with Crippen molar-refractivity contribution >= 4 is 6.03 Å². The molecule has 0 spiro atoms. The van der Waals surface area contributed by atoms with Crippen molar-refractivity contribution in [2.75, 3.05) is 0 Å². The van der Waals surface area contributed by atoms with Gasteiger partial charge in [-0.1, -0.05) is 30.3 Å². The Morgan fingerprint density at radius 3 is 3.05 bits per heavy atom. The van der Waals surface area contributed by atoms with Crippen LogP contribution in [-0.2, 0) is 24.9 Å². The Labute approximate surface area is 129 Å². The Morgan fingerprint density at radius 1 is 1.41 bits per heavy atom. The summed E-state index contributed by atoms with van der Waals surface area (Å²) in [6.45, 7) is 0.344. The zero-order valence-corrected chi connectivity index (χ0v) is 12.6. The summed E-state index contributed by atoms with van der Waals surface area (Å²) >= 11 is 0. The van der Waals surface area contributed by atoms with Gasteiger partial charge in [-0.2, -0.15) is 5.10 Å². The smallest absolute Gasteiger partial charge is 0.329 e. The molecule has 0 fully saturated rings. The number of nitrogens with zero attached hydrogens (tertiary/aromatic N) is 2. The van der Waals surface area contributed by atoms with Crippen LogP contribution in [-0.4, -0.2) is 15.8 Å². The molecule has 0 aliphatic heterocycles. The van der Waals surface area contributed by atoms with E-state index in [9.17, 15) is 4.79 Å². The topological polar surface area (TPSA) is 68.2 Å². The summed E-state index contributed by atoms with van der Waals surface area (Å²) < 4.78 is 1.88. The van der Waals surface area contributed by atoms with Gasteiger partial charge in [-0.05, 0) is 24.8 Å². The van der Waals surface area contributed by atoms with Crippen LogP contribution in [0.3, 0.4) is 0 Å². The zero-order chi connectivity index (χ0) is 15.4. The first kappa shape index (κ1) is 14.6. The molecule has 6 heteroatoms. The number of aryl methyl sites for hydroxylation is 1. The van der Waals surface area contributed by atoms with E-state index in [0.717, 1.165) is 30.4 Å². The molecule has 1 aliphatic carbocycles. The van der Waals surface area contributed by atoms with Crippen molar-refractivity contribution in [3.8, 4) is 0 Å². The molecule has 2 N–H and O–H groups in total. The highest BCUT2D eigenvalue weighted by atomic mass is 16.7. The first-order valence-corrected chi connectivity index (χ1v) is 7.47. The van der Waals surface area contributed by atoms with Gasteiger partial charge in [-0.15, -0.1) is 0 Å². The third-order valence-electron chi connectivity index (χ3n) is 3.93. The normalized spacial score (nSPS) is 16.9. The maximum absolute atomic E-state index is 11.9. The Hall–Kier alpha value is -2.34. The van der Waals surface area contributed by atoms with E-state index in [1.807, 2.05) is 48.3 Å². The van der Waals surface area contributed by atoms with Gasteiger partial charge in [0.05, 0.1) is 18.8 Å². The maximum atomic E-state index is 11.9. The number of nitrogens with one attached hydrogen (secondary N) is 2. The van der Waals surface area contributed by atoms with Crippen LogP contribution in [0.4, 0.5) is 4.79 Å². The molecule has 2 amide bonds. The number of fused-ring (bicyclic) bond motifs is 1. The summed E-state index contributed by atoms with van der Waals surface area (Å²) in [5.74, 6) is 0. The van der Waals surface area contributed by atoms with E-state index in [-0.39, 0.29) is 12.1 Å². The number of benzene rings is 1. The van der Waals surface area contributed by atoms with Gasteiger partial charge in [-0.25, -0.2) is 10.3 Å². The van der Waals surface area contributed by atoms with Crippen LogP contribution in [0.5, 0.6) is 0 Å². The van der Waals surface area contributed by atoms with E-state index < -0.39 is 0 Å². The minimum absolute atomic E-state index is 0.00206. The number of hydrogen-bond acceptors (Lipinski definition) is 3. The number of hydrogen-bond donors (Lipinski definition) is 2. The lowest BCUT2D eigenvalue weighted by Gasteiger charge is -2.23. The minimum Gasteiger partial charge on any atom is -0.329 e. The second kappa shape index (κ2) is 6.62. The third kappa shape index (κ3) is 3.28. The van der Waals surface area contributed by atoms with Crippen molar-refractivity contribution < 1.29 is 9.63 Å². The van der Waals surface area contributed by atoms with Gasteiger partial charge in [0.2, 0.25) is 0 Å². The van der Waals surface area contributed by atoms with E-state index in [4.69, 9.17) is 4.84 Å². The van der Waals surface area contributed by atoms with Gasteiger partial charge in [0.1, 0.15) is 0 Å². The van der Waals surface area contributed by atoms with Gasteiger partial charge in [0.25, 0.3) is 0 Å². The van der Waals surface area contributed by atoms with Crippen molar-refractivity contribution in [3.05, 3.63) is 53.3 Å². The molecule has 6 nitrogen and oxygen atoms in total. The van der Waals surface area contributed by atoms with Crippen LogP contribution in [0.25, 0.3) is 0 Å². The standard InChI is InChI=1S/C16H20N4O2/c1-20-15-9-5-8-14(13(15)10-17-20)18-16(21)19-22-11-12-6-3-2-4-7-12/h2-4,6-7,10,14H,5,8-9,11H2,1H3,(H2,18,19,21)/t14-/m1/s1. The third-order valence-corrected chi connectivity index (χ3v) is 3.93. The second-order valence-electron chi connectivity index (χ2n) is 5.46. The molecule has 0 saturated carbocycles. The maximum Gasteiger partial charge on any atom is 0.339 e. The minimum atomic E-state index is -0.322. The fourth-order valence-corrected chi connectivity index (χ4v) is 2.80. The van der Waals surface area contributed by atoms with Crippen LogP contribution in [0.1, 0.15) is 35.7 Å². The van der Waals surface area contributed by atoms with E-state index in [2.05, 4.69) is 15.9 Å². The zero-order valence-electron chi connectivity index (χ0n) is 12.6. The average Bonchev–Trinajstić information content (AvgIpc) is 2.91. The fraction of sp³-hybridized carbons (Fsp3) is 0.375. The van der Waals surface area contributed by atoms with Crippen molar-refractivity contribution in [2.45, 2.75) is 31.9 Å². The first-order valence-electron chi connectivity index (χ1n) is 7.47. The van der Waals surface area contributed by atoms with Gasteiger partial charge in [-0.3, -0.25) is 9.52 Å². The average molecular weight is 300 g/mol. The summed E-state index contributed by atoms with van der Waals surface area (Å²) in [6.07, 6.45) is 4.81. The summed E-state index contributed by atoms with van der Waals surface area (Å²) in [4.78, 5) is 17.2. The summed E-state index contributed by atoms with van der Waals surface area (Å²) in [7, 11) is 1.93. The second-order valence-corrected chi connectivity index (χ2v) is 5.46. The molecule has 3 rings (SSSR count). The van der Waals surface area contributed by atoms with Gasteiger partial charge >= 0.3 is 6.03 Å². The van der Waals surface area contributed by atoms with Crippen LogP contribution < -0.4 is 10.8 Å². The Bertz CT molecular complexity index is 639. The van der Waals surface area contributed by atoms with Crippen LogP contribution in [0.2, 0.25) is 0 Å². The molecule has 1 atom stereocenters. The number of carbonyl (C=O) groups excluding carboxylic acids is 1. The molecule has 0 unspecified atom stereocenters. The lowest BCUT2D eigenvalue weighted by Crippen LogP contribution is -2.39. The highest BCUT2D eigenvalue weighted by molar-refractivity contribution is 5.73. The van der Waals surface area contributed by atoms with E-state index in [1.54, 1.807) is 0 Å². The van der Waals surface area contributed by atoms with Crippen molar-refractivity contribution in [2.24, 2.45) is 7.05 Å². The van der Waals surface area contributed by atoms with Crippen molar-refractivity contribution in [1.29, 1.82) is 0 Å². The quantitative estimate of drug-likeness (QED) is 0.851. The monoisotopic (exact) mass is 300 g/mol. The molecule has 1 aromatic heterocycles. The summed E-state index contributed by atoms with van der Waals surface area (Å²) in [5, 5.41) is 7.22. The van der Waals surface area contributed by atoms with Gasteiger partial charge < -0.3 is 5.32 Å². The largest absolute Gasteiger partial charge is 0.339 e. The summed E-state index contributed by atoms with van der Waals surface area (Å²) in [5.41, 5.74) is 5.75. The molecular weight excluding hydrogens is 280 g/mol. The van der Waals surface area contributed by atoms with Crippen LogP contribution in [0.15, 0.2) is 36.5 Å². The Kier molecular flexibility index (Phi) is 4.39. The van der Waals surface area contributed by atoms with Crippen LogP contribution in [0, 0.1) is 0 Å². The van der Waals surface area contributed by atoms with Gasteiger partial charge in [0, 0.05) is 18.3 Å². The van der Waals surface area contributed by atoms with Crippen molar-refractivity contribution in [3.63, 3.8) is 0 Å². The Morgan fingerprint density at radius 2 is 2.23 bits per heavy atom. The highest BCUT2D eigenvalue weighted by Gasteiger charge is 2.24. The number of hydroxylamine groups is 1. The number of rotatable bonds is 4. The lowest BCUT2D eigenvalue weighted by molar-refractivity contribution is 0.0479. The molecule has 0 bridgehead atoms. The predicted octanol–water partition coefficient (Wildman–Crippen LogP) is 2.23. The molecule has 0 radical (unpaired) electrons. The van der Waals surface area contributed by atoms with E-state index in [1.165, 1.54) is 5.69 Å². The van der Waals surface area contributed by atoms with Crippen molar-refractivity contribution in [1.82, 2.24) is 20.6 Å². The van der Waals surface area contributed by atoms with E-state index in [0.29, 0.717) is 6.61 Å². The molecule has 2 aromatic rings. The molecule has 1 heterocycles. The summed E-state index contributed by atoms with van der Waals surface area (Å²) in [6, 6.07) is 9.38. The van der Waals surface area contributed by atoms with Gasteiger partial charge in [0.15, 0.2) is 0 Å². The molecule has 116 valence electrons. The number of aromatic nitrogens is 2. The van der Waals surface area contributed by atoms with Crippen LogP contribution >= 0.6 is 0 Å².